The van der Waals surface area contributed by atoms with Crippen molar-refractivity contribution in [1.82, 2.24) is 19.6 Å². The molecule has 2 aromatic rings. The van der Waals surface area contributed by atoms with Crippen LogP contribution in [0.4, 0.5) is 0 Å². The Balaban J connectivity index is 1.75. The lowest BCUT2D eigenvalue weighted by atomic mass is 9.90. The molecule has 1 aliphatic carbocycles. The monoisotopic (exact) mass is 266 g/mol. The molecule has 1 saturated carbocycles. The molecule has 18 heavy (non-hydrogen) atoms. The molecule has 0 spiro atoms. The van der Waals surface area contributed by atoms with Gasteiger partial charge < -0.3 is 4.74 Å². The molecule has 0 atom stereocenters. The van der Waals surface area contributed by atoms with Gasteiger partial charge in [-0.1, -0.05) is 30.9 Å². The Morgan fingerprint density at radius 1 is 1.33 bits per heavy atom. The summed E-state index contributed by atoms with van der Waals surface area (Å²) in [5.41, 5.74) is 0. The van der Waals surface area contributed by atoms with E-state index in [0.717, 1.165) is 6.61 Å². The minimum Gasteiger partial charge on any atom is -0.477 e. The maximum Gasteiger partial charge on any atom is 0.256 e. The van der Waals surface area contributed by atoms with Gasteiger partial charge >= 0.3 is 0 Å². The van der Waals surface area contributed by atoms with Gasteiger partial charge in [0.1, 0.15) is 11.5 Å². The summed E-state index contributed by atoms with van der Waals surface area (Å²) in [5.74, 6) is 1.73. The molecule has 1 fully saturated rings. The predicted molar refractivity (Wildman–Crippen MR) is 67.9 cm³/mol. The van der Waals surface area contributed by atoms with Crippen LogP contribution in [0.15, 0.2) is 12.4 Å². The number of hydrogen-bond donors (Lipinski definition) is 0. The molecule has 0 unspecified atom stereocenters. The Hall–Kier alpha value is -1.36. The summed E-state index contributed by atoms with van der Waals surface area (Å²) in [4.78, 5) is 8.08. The van der Waals surface area contributed by atoms with Crippen molar-refractivity contribution >= 4 is 17.4 Å². The van der Waals surface area contributed by atoms with Gasteiger partial charge in [0.05, 0.1) is 6.61 Å². The fourth-order valence-corrected chi connectivity index (χ4v) is 2.59. The van der Waals surface area contributed by atoms with Crippen molar-refractivity contribution in [3.63, 3.8) is 0 Å². The molecule has 6 heteroatoms. The van der Waals surface area contributed by atoms with E-state index < -0.39 is 0 Å². The van der Waals surface area contributed by atoms with Crippen LogP contribution in [-0.4, -0.2) is 26.2 Å². The summed E-state index contributed by atoms with van der Waals surface area (Å²) in [6.45, 7) is 0.718. The molecule has 0 amide bonds. The molecule has 1 aliphatic rings. The second-order valence-corrected chi connectivity index (χ2v) is 5.09. The van der Waals surface area contributed by atoms with Crippen molar-refractivity contribution in [2.24, 2.45) is 5.92 Å². The lowest BCUT2D eigenvalue weighted by Gasteiger charge is -2.21. The summed E-state index contributed by atoms with van der Waals surface area (Å²) in [7, 11) is 0. The van der Waals surface area contributed by atoms with Crippen LogP contribution in [0.2, 0.25) is 5.15 Å². The van der Waals surface area contributed by atoms with Gasteiger partial charge in [0.25, 0.3) is 5.78 Å². The molecule has 2 heterocycles. The normalized spacial score (nSPS) is 17.2. The third-order valence-corrected chi connectivity index (χ3v) is 3.57. The van der Waals surface area contributed by atoms with Gasteiger partial charge in [0.15, 0.2) is 0 Å². The number of rotatable bonds is 3. The van der Waals surface area contributed by atoms with Crippen LogP contribution in [0.1, 0.15) is 32.1 Å². The first-order valence-electron chi connectivity index (χ1n) is 6.32. The van der Waals surface area contributed by atoms with Crippen LogP contribution in [0.5, 0.6) is 5.88 Å². The van der Waals surface area contributed by atoms with Crippen molar-refractivity contribution in [2.45, 2.75) is 32.1 Å². The Kier molecular flexibility index (Phi) is 3.32. The van der Waals surface area contributed by atoms with Crippen LogP contribution in [-0.2, 0) is 0 Å². The van der Waals surface area contributed by atoms with E-state index in [2.05, 4.69) is 15.1 Å². The lowest BCUT2D eigenvalue weighted by Crippen LogP contribution is -2.16. The lowest BCUT2D eigenvalue weighted by molar-refractivity contribution is 0.199. The Bertz CT molecular complexity index is 536. The SMILES string of the molecule is Clc1cc(OCC2CCCCC2)n2ncnc2n1. The summed E-state index contributed by atoms with van der Waals surface area (Å²) >= 11 is 5.93. The molecule has 5 nitrogen and oxygen atoms in total. The maximum absolute atomic E-state index is 5.93. The smallest absolute Gasteiger partial charge is 0.256 e. The fraction of sp³-hybridized carbons (Fsp3) is 0.583. The van der Waals surface area contributed by atoms with Gasteiger partial charge in [-0.25, -0.2) is 0 Å². The minimum absolute atomic E-state index is 0.383. The number of nitrogens with zero attached hydrogens (tertiary/aromatic N) is 4. The van der Waals surface area contributed by atoms with Gasteiger partial charge in [0.2, 0.25) is 5.88 Å². The van der Waals surface area contributed by atoms with E-state index >= 15 is 0 Å². The van der Waals surface area contributed by atoms with Crippen LogP contribution in [0, 0.1) is 5.92 Å². The molecule has 3 rings (SSSR count). The molecule has 2 aromatic heterocycles. The molecular weight excluding hydrogens is 252 g/mol. The van der Waals surface area contributed by atoms with Crippen LogP contribution in [0.3, 0.4) is 0 Å². The van der Waals surface area contributed by atoms with E-state index in [1.54, 1.807) is 10.6 Å². The molecular formula is C12H15ClN4O. The highest BCUT2D eigenvalue weighted by Crippen LogP contribution is 2.25. The standard InChI is InChI=1S/C12H15ClN4O/c13-10-6-11(17-12(16-10)14-8-15-17)18-7-9-4-2-1-3-5-9/h6,8-9H,1-5,7H2. The molecule has 0 bridgehead atoms. The largest absolute Gasteiger partial charge is 0.477 e. The number of halogens is 1. The van der Waals surface area contributed by atoms with Crippen molar-refractivity contribution in [2.75, 3.05) is 6.61 Å². The van der Waals surface area contributed by atoms with Crippen molar-refractivity contribution in [1.29, 1.82) is 0 Å². The van der Waals surface area contributed by atoms with E-state index in [1.807, 2.05) is 0 Å². The highest BCUT2D eigenvalue weighted by atomic mass is 35.5. The molecule has 96 valence electrons. The van der Waals surface area contributed by atoms with Crippen LogP contribution < -0.4 is 4.74 Å². The van der Waals surface area contributed by atoms with Gasteiger partial charge in [-0.15, -0.1) is 0 Å². The van der Waals surface area contributed by atoms with E-state index in [4.69, 9.17) is 16.3 Å². The first kappa shape index (κ1) is 11.7. The van der Waals surface area contributed by atoms with Crippen molar-refractivity contribution < 1.29 is 4.74 Å². The van der Waals surface area contributed by atoms with E-state index in [9.17, 15) is 0 Å². The average Bonchev–Trinajstić information content (AvgIpc) is 2.85. The van der Waals surface area contributed by atoms with E-state index in [1.165, 1.54) is 38.4 Å². The summed E-state index contributed by atoms with van der Waals surface area (Å²) < 4.78 is 7.41. The fourth-order valence-electron chi connectivity index (χ4n) is 2.42. The van der Waals surface area contributed by atoms with E-state index in [0.29, 0.717) is 22.7 Å². The maximum atomic E-state index is 5.93. The third-order valence-electron chi connectivity index (χ3n) is 3.38. The van der Waals surface area contributed by atoms with E-state index in [-0.39, 0.29) is 0 Å². The zero-order valence-electron chi connectivity index (χ0n) is 10.0. The second-order valence-electron chi connectivity index (χ2n) is 4.70. The second kappa shape index (κ2) is 5.10. The topological polar surface area (TPSA) is 52.3 Å². The van der Waals surface area contributed by atoms with Crippen molar-refractivity contribution in [3.05, 3.63) is 17.5 Å². The summed E-state index contributed by atoms with van der Waals surface area (Å²) in [6, 6.07) is 1.69. The zero-order chi connectivity index (χ0) is 12.4. The summed E-state index contributed by atoms with van der Waals surface area (Å²) in [5, 5.41) is 4.47. The van der Waals surface area contributed by atoms with Gasteiger partial charge in [-0.3, -0.25) is 0 Å². The zero-order valence-corrected chi connectivity index (χ0v) is 10.8. The highest BCUT2D eigenvalue weighted by Gasteiger charge is 2.15. The number of fused-ring (bicyclic) bond motifs is 1. The molecule has 0 aromatic carbocycles. The Labute approximate surface area is 110 Å². The first-order chi connectivity index (χ1) is 8.83. The van der Waals surface area contributed by atoms with Crippen LogP contribution in [0.25, 0.3) is 5.78 Å². The molecule has 0 radical (unpaired) electrons. The quantitative estimate of drug-likeness (QED) is 0.802. The molecule has 0 saturated heterocycles. The summed E-state index contributed by atoms with van der Waals surface area (Å²) in [6.07, 6.45) is 7.92. The molecule has 0 N–H and O–H groups in total. The molecule has 0 aliphatic heterocycles. The number of hydrogen-bond acceptors (Lipinski definition) is 4. The Morgan fingerprint density at radius 3 is 3.00 bits per heavy atom. The van der Waals surface area contributed by atoms with Gasteiger partial charge in [0, 0.05) is 6.07 Å². The van der Waals surface area contributed by atoms with Gasteiger partial charge in [-0.2, -0.15) is 19.6 Å². The van der Waals surface area contributed by atoms with Crippen molar-refractivity contribution in [3.8, 4) is 5.88 Å². The Morgan fingerprint density at radius 2 is 2.17 bits per heavy atom. The number of aromatic nitrogens is 4. The highest BCUT2D eigenvalue weighted by molar-refractivity contribution is 6.29. The predicted octanol–water partition coefficient (Wildman–Crippen LogP) is 2.74. The van der Waals surface area contributed by atoms with Crippen LogP contribution >= 0.6 is 11.6 Å². The number of ether oxygens (including phenoxy) is 1. The average molecular weight is 267 g/mol. The minimum atomic E-state index is 0.383. The third kappa shape index (κ3) is 2.41. The van der Waals surface area contributed by atoms with Gasteiger partial charge in [-0.05, 0) is 18.8 Å². The first-order valence-corrected chi connectivity index (χ1v) is 6.70.